The number of unbranched alkanes of at least 4 members (excludes halogenated alkanes) is 2. The molecule has 0 aliphatic carbocycles. The smallest absolute Gasteiger partial charge is 0.354 e. The van der Waals surface area contributed by atoms with E-state index in [-0.39, 0.29) is 18.7 Å². The number of carbonyl (C=O) groups excluding carboxylic acids is 1. The fraction of sp³-hybridized carbons (Fsp3) is 0.333. The number of imidazole rings is 1. The molecule has 4 aromatic rings. The van der Waals surface area contributed by atoms with E-state index < -0.39 is 17.6 Å². The predicted molar refractivity (Wildman–Crippen MR) is 139 cm³/mol. The van der Waals surface area contributed by atoms with Crippen molar-refractivity contribution in [2.75, 3.05) is 0 Å². The summed E-state index contributed by atoms with van der Waals surface area (Å²) in [6, 6.07) is 15.4. The molecule has 0 fully saturated rings. The van der Waals surface area contributed by atoms with Gasteiger partial charge in [-0.05, 0) is 46.4 Å². The van der Waals surface area contributed by atoms with Crippen LogP contribution >= 0.6 is 0 Å². The molecular weight excluding hydrogens is 472 g/mol. The first-order valence-electron chi connectivity index (χ1n) is 12.5. The summed E-state index contributed by atoms with van der Waals surface area (Å²) < 4.78 is 2.30. The van der Waals surface area contributed by atoms with E-state index in [1.54, 1.807) is 0 Å². The lowest BCUT2D eigenvalue weighted by Crippen LogP contribution is -2.31. The number of benzene rings is 2. The van der Waals surface area contributed by atoms with Gasteiger partial charge in [0.1, 0.15) is 0 Å². The predicted octanol–water partition coefficient (Wildman–Crippen LogP) is 4.42. The number of hydrogen-bond donors (Lipinski definition) is 2. The molecule has 2 N–H and O–H groups in total. The van der Waals surface area contributed by atoms with Crippen molar-refractivity contribution < 1.29 is 14.7 Å². The Morgan fingerprint density at radius 1 is 0.973 bits per heavy atom. The van der Waals surface area contributed by atoms with Crippen LogP contribution in [0, 0.1) is 0 Å². The van der Waals surface area contributed by atoms with E-state index in [0.29, 0.717) is 30.8 Å². The number of H-pyrrole nitrogens is 1. The highest BCUT2D eigenvalue weighted by atomic mass is 16.4. The Morgan fingerprint density at radius 2 is 1.68 bits per heavy atom. The van der Waals surface area contributed by atoms with E-state index in [2.05, 4.69) is 20.6 Å². The number of carboxylic acid groups (broad SMARTS) is 1. The summed E-state index contributed by atoms with van der Waals surface area (Å²) in [5.41, 5.74) is 3.12. The molecule has 0 radical (unpaired) electrons. The molecule has 4 rings (SSSR count). The summed E-state index contributed by atoms with van der Waals surface area (Å²) in [7, 11) is 0. The average Bonchev–Trinajstić information content (AvgIpc) is 3.54. The molecule has 0 spiro atoms. The third-order valence-electron chi connectivity index (χ3n) is 6.34. The molecule has 192 valence electrons. The van der Waals surface area contributed by atoms with E-state index in [4.69, 9.17) is 0 Å². The molecule has 2 aromatic heterocycles. The molecule has 0 amide bonds. The van der Waals surface area contributed by atoms with E-state index in [1.165, 1.54) is 4.57 Å². The standard InChI is InChI=1S/C27H30N6O4/c1-3-5-11-22-24(26(35)36)33(23(34)12-6-4-2)27(37)32(22)17-18-13-15-19(16-14-18)20-9-7-8-10-21(20)25-28-30-31-29-25/h7-10,13-16H,3-6,11-12,17H2,1-2H3,(H,35,36)(H,28,29,30,31). The Bertz CT molecular complexity index is 1430. The van der Waals surface area contributed by atoms with Crippen LogP contribution in [-0.4, -0.2) is 46.7 Å². The minimum absolute atomic E-state index is 0.128. The quantitative estimate of drug-likeness (QED) is 0.310. The molecule has 10 heteroatoms. The normalized spacial score (nSPS) is 11.1. The number of hydrogen-bond acceptors (Lipinski definition) is 6. The van der Waals surface area contributed by atoms with Crippen molar-refractivity contribution in [3.8, 4) is 22.5 Å². The van der Waals surface area contributed by atoms with Crippen LogP contribution in [-0.2, 0) is 13.0 Å². The highest BCUT2D eigenvalue weighted by molar-refractivity contribution is 5.93. The highest BCUT2D eigenvalue weighted by Gasteiger charge is 2.28. The number of tetrazole rings is 1. The Balaban J connectivity index is 1.71. The Labute approximate surface area is 214 Å². The molecule has 2 heterocycles. The zero-order valence-corrected chi connectivity index (χ0v) is 21.0. The van der Waals surface area contributed by atoms with Crippen molar-refractivity contribution in [3.63, 3.8) is 0 Å². The highest BCUT2D eigenvalue weighted by Crippen LogP contribution is 2.30. The van der Waals surface area contributed by atoms with Gasteiger partial charge in [-0.3, -0.25) is 9.36 Å². The fourth-order valence-electron chi connectivity index (χ4n) is 4.43. The van der Waals surface area contributed by atoms with Crippen LogP contribution in [0.2, 0.25) is 0 Å². The number of aromatic nitrogens is 6. The zero-order valence-electron chi connectivity index (χ0n) is 21.0. The van der Waals surface area contributed by atoms with Gasteiger partial charge in [0.15, 0.2) is 11.5 Å². The molecule has 0 bridgehead atoms. The Hall–Kier alpha value is -4.34. The lowest BCUT2D eigenvalue weighted by atomic mass is 9.98. The van der Waals surface area contributed by atoms with Crippen molar-refractivity contribution in [1.29, 1.82) is 0 Å². The average molecular weight is 503 g/mol. The van der Waals surface area contributed by atoms with Gasteiger partial charge in [-0.15, -0.1) is 5.10 Å². The van der Waals surface area contributed by atoms with Gasteiger partial charge in [-0.2, -0.15) is 0 Å². The third kappa shape index (κ3) is 5.42. The van der Waals surface area contributed by atoms with Crippen LogP contribution in [0.3, 0.4) is 0 Å². The van der Waals surface area contributed by atoms with Crippen LogP contribution < -0.4 is 5.69 Å². The van der Waals surface area contributed by atoms with Crippen molar-refractivity contribution in [2.45, 2.75) is 58.9 Å². The summed E-state index contributed by atoms with van der Waals surface area (Å²) in [5, 5.41) is 24.1. The largest absolute Gasteiger partial charge is 0.477 e. The van der Waals surface area contributed by atoms with E-state index in [9.17, 15) is 19.5 Å². The van der Waals surface area contributed by atoms with Crippen molar-refractivity contribution >= 4 is 11.9 Å². The summed E-state index contributed by atoms with van der Waals surface area (Å²) in [6.45, 7) is 4.11. The number of nitrogens with zero attached hydrogens (tertiary/aromatic N) is 5. The van der Waals surface area contributed by atoms with Crippen LogP contribution in [0.5, 0.6) is 0 Å². The molecular formula is C27H30N6O4. The third-order valence-corrected chi connectivity index (χ3v) is 6.34. The van der Waals surface area contributed by atoms with Crippen LogP contribution in [0.1, 0.15) is 72.5 Å². The molecule has 37 heavy (non-hydrogen) atoms. The van der Waals surface area contributed by atoms with Gasteiger partial charge in [0.25, 0.3) is 0 Å². The topological polar surface area (TPSA) is 136 Å². The van der Waals surface area contributed by atoms with Crippen LogP contribution in [0.15, 0.2) is 53.3 Å². The number of nitrogens with one attached hydrogen (secondary N) is 1. The molecule has 0 saturated carbocycles. The summed E-state index contributed by atoms with van der Waals surface area (Å²) in [6.07, 6.45) is 3.43. The molecule has 0 unspecified atom stereocenters. The minimum atomic E-state index is -1.26. The number of carboxylic acids is 1. The number of aromatic carboxylic acids is 1. The molecule has 0 atom stereocenters. The molecule has 2 aromatic carbocycles. The van der Waals surface area contributed by atoms with E-state index in [1.807, 2.05) is 62.4 Å². The second kappa shape index (κ2) is 11.6. The number of rotatable bonds is 11. The first-order chi connectivity index (χ1) is 18.0. The Kier molecular flexibility index (Phi) is 8.07. The molecule has 0 aliphatic heterocycles. The minimum Gasteiger partial charge on any atom is -0.477 e. The van der Waals surface area contributed by atoms with Gasteiger partial charge in [0.2, 0.25) is 5.91 Å². The summed E-state index contributed by atoms with van der Waals surface area (Å²) in [4.78, 5) is 38.4. The zero-order chi connectivity index (χ0) is 26.4. The van der Waals surface area contributed by atoms with Gasteiger partial charge in [0, 0.05) is 12.0 Å². The van der Waals surface area contributed by atoms with Crippen LogP contribution in [0.25, 0.3) is 22.5 Å². The number of carbonyl (C=O) groups is 2. The molecule has 0 aliphatic rings. The molecule has 0 saturated heterocycles. The second-order valence-electron chi connectivity index (χ2n) is 8.90. The van der Waals surface area contributed by atoms with Crippen molar-refractivity contribution in [3.05, 3.63) is 76.0 Å². The van der Waals surface area contributed by atoms with Gasteiger partial charge in [-0.25, -0.2) is 19.3 Å². The Morgan fingerprint density at radius 3 is 2.30 bits per heavy atom. The number of aromatic amines is 1. The van der Waals surface area contributed by atoms with Gasteiger partial charge >= 0.3 is 11.7 Å². The van der Waals surface area contributed by atoms with Crippen LogP contribution in [0.4, 0.5) is 0 Å². The lowest BCUT2D eigenvalue weighted by Gasteiger charge is -2.10. The lowest BCUT2D eigenvalue weighted by molar-refractivity contribution is 0.0670. The maximum Gasteiger partial charge on any atom is 0.354 e. The second-order valence-corrected chi connectivity index (χ2v) is 8.90. The summed E-state index contributed by atoms with van der Waals surface area (Å²) in [5.74, 6) is -1.18. The maximum atomic E-state index is 13.4. The SMILES string of the molecule is CCCCC(=O)n1c(C(=O)O)c(CCCC)n(Cc2ccc(-c3ccccc3-c3nnn[nH]3)cc2)c1=O. The van der Waals surface area contributed by atoms with Crippen molar-refractivity contribution in [1.82, 2.24) is 29.8 Å². The van der Waals surface area contributed by atoms with Gasteiger partial charge < -0.3 is 5.11 Å². The van der Waals surface area contributed by atoms with E-state index >= 15 is 0 Å². The first-order valence-corrected chi connectivity index (χ1v) is 12.5. The van der Waals surface area contributed by atoms with Gasteiger partial charge in [0.05, 0.1) is 12.2 Å². The van der Waals surface area contributed by atoms with Crippen molar-refractivity contribution in [2.24, 2.45) is 0 Å². The van der Waals surface area contributed by atoms with Gasteiger partial charge in [-0.1, -0.05) is 75.2 Å². The molecule has 10 nitrogen and oxygen atoms in total. The van der Waals surface area contributed by atoms with E-state index in [0.717, 1.165) is 39.7 Å². The maximum absolute atomic E-state index is 13.4. The monoisotopic (exact) mass is 502 g/mol. The first kappa shape index (κ1) is 25.7. The fourth-order valence-corrected chi connectivity index (χ4v) is 4.43. The summed E-state index contributed by atoms with van der Waals surface area (Å²) >= 11 is 0.